The molecule has 1 heterocycles. The number of nitro benzene ring substituents is 1. The number of sulfonamides is 1. The van der Waals surface area contributed by atoms with Gasteiger partial charge in [-0.15, -0.1) is 0 Å². The second kappa shape index (κ2) is 7.90. The Morgan fingerprint density at radius 3 is 2.54 bits per heavy atom. The highest BCUT2D eigenvalue weighted by Crippen LogP contribution is 2.27. The zero-order valence-electron chi connectivity index (χ0n) is 14.5. The lowest BCUT2D eigenvalue weighted by Gasteiger charge is -2.23. The number of amides is 1. The van der Waals surface area contributed by atoms with Crippen LogP contribution in [-0.2, 0) is 14.8 Å². The summed E-state index contributed by atoms with van der Waals surface area (Å²) in [5.41, 5.74) is 4.66. The molecule has 148 valence electrons. The molecule has 0 spiro atoms. The molecule has 0 bridgehead atoms. The maximum absolute atomic E-state index is 13.1. The van der Waals surface area contributed by atoms with Crippen molar-refractivity contribution < 1.29 is 22.5 Å². The largest absolute Gasteiger partial charge is 0.294 e. The first-order chi connectivity index (χ1) is 13.3. The van der Waals surface area contributed by atoms with Crippen LogP contribution in [0.25, 0.3) is 0 Å². The molecule has 1 aliphatic heterocycles. The number of benzene rings is 2. The van der Waals surface area contributed by atoms with Gasteiger partial charge >= 0.3 is 0 Å². The Morgan fingerprint density at radius 1 is 1.18 bits per heavy atom. The molecule has 2 aromatic carbocycles. The highest BCUT2D eigenvalue weighted by Gasteiger charge is 2.39. The molecule has 0 aromatic heterocycles. The average molecular weight is 408 g/mol. The molecule has 28 heavy (non-hydrogen) atoms. The van der Waals surface area contributed by atoms with E-state index in [-0.39, 0.29) is 22.8 Å². The Hall–Kier alpha value is -3.05. The zero-order chi connectivity index (χ0) is 20.3. The zero-order valence-corrected chi connectivity index (χ0v) is 15.4. The van der Waals surface area contributed by atoms with Crippen LogP contribution in [0.5, 0.6) is 0 Å². The van der Waals surface area contributed by atoms with Gasteiger partial charge in [-0.05, 0) is 43.2 Å². The minimum atomic E-state index is -3.98. The Labute approximate surface area is 160 Å². The average Bonchev–Trinajstić information content (AvgIpc) is 3.17. The molecule has 0 aliphatic carbocycles. The molecule has 11 heteroatoms. The smallest absolute Gasteiger partial charge is 0.292 e. The Bertz CT molecular complexity index is 997. The van der Waals surface area contributed by atoms with Gasteiger partial charge in [0, 0.05) is 12.6 Å². The number of hydrogen-bond donors (Lipinski definition) is 2. The van der Waals surface area contributed by atoms with Gasteiger partial charge in [0.2, 0.25) is 10.0 Å². The predicted molar refractivity (Wildman–Crippen MR) is 98.2 cm³/mol. The molecular formula is C17H17FN4O5S. The van der Waals surface area contributed by atoms with Gasteiger partial charge in [-0.3, -0.25) is 25.8 Å². The van der Waals surface area contributed by atoms with Gasteiger partial charge in [0.15, 0.2) is 0 Å². The second-order valence-electron chi connectivity index (χ2n) is 6.12. The number of para-hydroxylation sites is 2. The van der Waals surface area contributed by atoms with E-state index in [2.05, 4.69) is 10.9 Å². The van der Waals surface area contributed by atoms with E-state index >= 15 is 0 Å². The van der Waals surface area contributed by atoms with Crippen LogP contribution in [0.15, 0.2) is 53.4 Å². The van der Waals surface area contributed by atoms with Crippen molar-refractivity contribution in [3.63, 3.8) is 0 Å². The van der Waals surface area contributed by atoms with Gasteiger partial charge in [0.05, 0.1) is 9.82 Å². The van der Waals surface area contributed by atoms with Crippen LogP contribution in [0.4, 0.5) is 15.8 Å². The number of hydrogen-bond acceptors (Lipinski definition) is 6. The highest BCUT2D eigenvalue weighted by molar-refractivity contribution is 7.89. The van der Waals surface area contributed by atoms with Gasteiger partial charge in [-0.1, -0.05) is 12.1 Å². The third kappa shape index (κ3) is 3.94. The summed E-state index contributed by atoms with van der Waals surface area (Å²) in [7, 11) is -3.98. The van der Waals surface area contributed by atoms with Crippen LogP contribution >= 0.6 is 0 Å². The molecule has 1 saturated heterocycles. The first kappa shape index (κ1) is 19.7. The molecule has 2 aromatic rings. The van der Waals surface area contributed by atoms with Crippen molar-refractivity contribution in [3.05, 3.63) is 64.5 Å². The van der Waals surface area contributed by atoms with Crippen molar-refractivity contribution in [2.24, 2.45) is 0 Å². The Morgan fingerprint density at radius 2 is 1.86 bits per heavy atom. The van der Waals surface area contributed by atoms with Crippen LogP contribution in [-0.4, -0.2) is 36.1 Å². The van der Waals surface area contributed by atoms with E-state index in [1.807, 2.05) is 0 Å². The summed E-state index contributed by atoms with van der Waals surface area (Å²) in [5.74, 6) is -1.20. The number of anilines is 1. The third-order valence-corrected chi connectivity index (χ3v) is 6.27. The monoisotopic (exact) mass is 408 g/mol. The van der Waals surface area contributed by atoms with Gasteiger partial charge in [-0.2, -0.15) is 4.31 Å². The molecule has 1 aliphatic rings. The molecule has 0 saturated carbocycles. The number of carbonyl (C=O) groups is 1. The van der Waals surface area contributed by atoms with E-state index in [9.17, 15) is 27.7 Å². The fourth-order valence-electron chi connectivity index (χ4n) is 2.98. The fourth-order valence-corrected chi connectivity index (χ4v) is 4.64. The molecule has 3 rings (SSSR count). The number of hydrazine groups is 1. The lowest BCUT2D eigenvalue weighted by Crippen LogP contribution is -2.47. The third-order valence-electron chi connectivity index (χ3n) is 4.35. The lowest BCUT2D eigenvalue weighted by atomic mass is 10.2. The van der Waals surface area contributed by atoms with Gasteiger partial charge in [0.1, 0.15) is 17.5 Å². The Kier molecular flexibility index (Phi) is 5.56. The first-order valence-electron chi connectivity index (χ1n) is 8.37. The van der Waals surface area contributed by atoms with Crippen molar-refractivity contribution in [3.8, 4) is 0 Å². The minimum absolute atomic E-state index is 0.0757. The van der Waals surface area contributed by atoms with Gasteiger partial charge < -0.3 is 0 Å². The topological polar surface area (TPSA) is 122 Å². The van der Waals surface area contributed by atoms with E-state index in [0.29, 0.717) is 12.8 Å². The van der Waals surface area contributed by atoms with E-state index in [4.69, 9.17) is 0 Å². The summed E-state index contributed by atoms with van der Waals surface area (Å²) in [5, 5.41) is 11.0. The second-order valence-corrected chi connectivity index (χ2v) is 8.01. The maximum atomic E-state index is 13.1. The molecule has 0 radical (unpaired) electrons. The Balaban J connectivity index is 1.75. The van der Waals surface area contributed by atoms with Gasteiger partial charge in [-0.25, -0.2) is 12.8 Å². The van der Waals surface area contributed by atoms with Crippen molar-refractivity contribution in [1.82, 2.24) is 9.73 Å². The number of nitrogens with zero attached hydrogens (tertiary/aromatic N) is 2. The standard InChI is InChI=1S/C17H17FN4O5S/c18-12-7-9-13(10-8-12)28(26,27)21-11-3-6-16(21)17(23)20-19-14-4-1-2-5-15(14)22(24)25/h1-2,4-5,7-10,16,19H,3,6,11H2,(H,20,23)/t16-/m0/s1. The van der Waals surface area contributed by atoms with E-state index in [1.165, 1.54) is 18.2 Å². The van der Waals surface area contributed by atoms with Crippen LogP contribution in [0, 0.1) is 15.9 Å². The summed E-state index contributed by atoms with van der Waals surface area (Å²) in [4.78, 5) is 22.8. The highest BCUT2D eigenvalue weighted by atomic mass is 32.2. The predicted octanol–water partition coefficient (Wildman–Crippen LogP) is 2.03. The normalized spacial score (nSPS) is 17.2. The van der Waals surface area contributed by atoms with Crippen LogP contribution < -0.4 is 10.9 Å². The van der Waals surface area contributed by atoms with E-state index in [1.54, 1.807) is 6.07 Å². The molecule has 0 unspecified atom stereocenters. The molecule has 9 nitrogen and oxygen atoms in total. The summed E-state index contributed by atoms with van der Waals surface area (Å²) < 4.78 is 39.7. The quantitative estimate of drug-likeness (QED) is 0.557. The van der Waals surface area contributed by atoms with Crippen molar-refractivity contribution in [2.45, 2.75) is 23.8 Å². The number of carbonyl (C=O) groups excluding carboxylic acids is 1. The van der Waals surface area contributed by atoms with Crippen molar-refractivity contribution >= 4 is 27.3 Å². The first-order valence-corrected chi connectivity index (χ1v) is 9.81. The van der Waals surface area contributed by atoms with Crippen molar-refractivity contribution in [2.75, 3.05) is 12.0 Å². The number of nitro groups is 1. The molecule has 1 amide bonds. The number of nitrogens with one attached hydrogen (secondary N) is 2. The summed E-state index contributed by atoms with van der Waals surface area (Å²) in [6.45, 7) is 0.142. The van der Waals surface area contributed by atoms with Crippen LogP contribution in [0.1, 0.15) is 12.8 Å². The summed E-state index contributed by atoms with van der Waals surface area (Å²) >= 11 is 0. The van der Waals surface area contributed by atoms with Crippen LogP contribution in [0.3, 0.4) is 0 Å². The summed E-state index contributed by atoms with van der Waals surface area (Å²) in [6.07, 6.45) is 0.773. The minimum Gasteiger partial charge on any atom is -0.292 e. The SMILES string of the molecule is O=C(NNc1ccccc1[N+](=O)[O-])[C@@H]1CCCN1S(=O)(=O)c1ccc(F)cc1. The number of rotatable bonds is 6. The molecule has 2 N–H and O–H groups in total. The molecular weight excluding hydrogens is 391 g/mol. The molecule has 1 atom stereocenters. The molecule has 1 fully saturated rings. The van der Waals surface area contributed by atoms with Crippen molar-refractivity contribution in [1.29, 1.82) is 0 Å². The lowest BCUT2D eigenvalue weighted by molar-refractivity contribution is -0.384. The summed E-state index contributed by atoms with van der Waals surface area (Å²) in [6, 6.07) is 9.11. The van der Waals surface area contributed by atoms with Crippen LogP contribution in [0.2, 0.25) is 0 Å². The van der Waals surface area contributed by atoms with E-state index in [0.717, 1.165) is 28.6 Å². The fraction of sp³-hybridized carbons (Fsp3) is 0.235. The number of halogens is 1. The maximum Gasteiger partial charge on any atom is 0.294 e. The van der Waals surface area contributed by atoms with E-state index < -0.39 is 32.7 Å². The van der Waals surface area contributed by atoms with Gasteiger partial charge in [0.25, 0.3) is 11.6 Å².